The van der Waals surface area contributed by atoms with Crippen LogP contribution in [0.3, 0.4) is 0 Å². The molecule has 4 aromatic carbocycles. The predicted octanol–water partition coefficient (Wildman–Crippen LogP) is 6.31. The average Bonchev–Trinajstić information content (AvgIpc) is 3.64. The lowest BCUT2D eigenvalue weighted by Gasteiger charge is -2.35. The molecule has 0 aromatic heterocycles. The van der Waals surface area contributed by atoms with Crippen molar-refractivity contribution in [1.82, 2.24) is 5.32 Å². The molecule has 0 spiro atoms. The Balaban J connectivity index is 1.49. The van der Waals surface area contributed by atoms with Gasteiger partial charge in [0.05, 0.1) is 29.9 Å². The van der Waals surface area contributed by atoms with Gasteiger partial charge in [-0.05, 0) is 90.1 Å². The molecule has 72 heavy (non-hydrogen) atoms. The molecule has 0 saturated heterocycles. The number of carbonyl (C=O) groups is 2. The van der Waals surface area contributed by atoms with E-state index in [1.54, 1.807) is 30.4 Å². The van der Waals surface area contributed by atoms with Crippen LogP contribution < -0.4 is 15.1 Å². The second kappa shape index (κ2) is 21.7. The van der Waals surface area contributed by atoms with Crippen molar-refractivity contribution in [3.05, 3.63) is 101 Å². The number of hydrogen-bond donors (Lipinski definition) is 6. The van der Waals surface area contributed by atoms with Gasteiger partial charge in [-0.3, -0.25) is 27.8 Å². The van der Waals surface area contributed by atoms with Crippen LogP contribution in [0.25, 0.3) is 21.5 Å². The summed E-state index contributed by atoms with van der Waals surface area (Å²) in [6, 6.07) is 10.1. The molecule has 1 amide bonds. The molecule has 0 fully saturated rings. The lowest BCUT2D eigenvalue weighted by atomic mass is 9.73. The second-order valence-corrected chi connectivity index (χ2v) is 24.2. The predicted molar refractivity (Wildman–Crippen MR) is 270 cm³/mol. The number of carboxylic acid groups (broad SMARTS) is 1. The first-order valence-electron chi connectivity index (χ1n) is 22.7. The van der Waals surface area contributed by atoms with Gasteiger partial charge in [0.2, 0.25) is 0 Å². The van der Waals surface area contributed by atoms with Crippen molar-refractivity contribution in [3.63, 3.8) is 0 Å². The van der Waals surface area contributed by atoms with Crippen molar-refractivity contribution in [2.75, 3.05) is 62.6 Å². The smallest absolute Gasteiger partial charge is 0.303 e. The number of nitrogens with one attached hydrogen (secondary N) is 1. The van der Waals surface area contributed by atoms with Gasteiger partial charge in [-0.1, -0.05) is 63.6 Å². The van der Waals surface area contributed by atoms with E-state index in [-0.39, 0.29) is 67.3 Å². The van der Waals surface area contributed by atoms with Gasteiger partial charge >= 0.3 is 5.97 Å². The minimum atomic E-state index is -5.00. The molecule has 2 unspecified atom stereocenters. The zero-order valence-electron chi connectivity index (χ0n) is 40.2. The lowest BCUT2D eigenvalue weighted by Crippen LogP contribution is -2.43. The maximum Gasteiger partial charge on any atom is 0.303 e. The first-order valence-corrected chi connectivity index (χ1v) is 28.7. The van der Waals surface area contributed by atoms with Crippen LogP contribution in [0.15, 0.2) is 99.3 Å². The Bertz CT molecular complexity index is 3330. The molecule has 0 aliphatic carbocycles. The molecule has 392 valence electrons. The number of allylic oxidation sites excluding steroid dienone is 5. The summed E-state index contributed by atoms with van der Waals surface area (Å²) in [5.74, 6) is -2.17. The van der Waals surface area contributed by atoms with Gasteiger partial charge in [-0.2, -0.15) is 33.7 Å². The fourth-order valence-corrected chi connectivity index (χ4v) is 12.7. The number of carbonyl (C=O) groups excluding carboxylic acids is 1. The van der Waals surface area contributed by atoms with Crippen molar-refractivity contribution < 1.29 is 76.1 Å². The molecular weight excluding hydrogens is 1020 g/mol. The van der Waals surface area contributed by atoms with Crippen molar-refractivity contribution in [2.45, 2.75) is 90.9 Å². The average molecular weight is 1080 g/mol. The highest BCUT2D eigenvalue weighted by molar-refractivity contribution is 7.87. The van der Waals surface area contributed by atoms with E-state index in [4.69, 9.17) is 9.47 Å². The van der Waals surface area contributed by atoms with Gasteiger partial charge in [-0.15, -0.1) is 0 Å². The Labute approximate surface area is 419 Å². The Morgan fingerprint density at radius 3 is 1.92 bits per heavy atom. The monoisotopic (exact) mass is 1080 g/mol. The highest BCUT2D eigenvalue weighted by Gasteiger charge is 2.48. The summed E-state index contributed by atoms with van der Waals surface area (Å²) in [6.07, 6.45) is 10.4. The van der Waals surface area contributed by atoms with Crippen LogP contribution in [0.4, 0.5) is 11.4 Å². The number of nitrogens with zero attached hydrogens (tertiary/aromatic N) is 2. The number of carboxylic acids is 1. The van der Waals surface area contributed by atoms with Crippen LogP contribution in [-0.4, -0.2) is 128 Å². The van der Waals surface area contributed by atoms with Crippen molar-refractivity contribution in [2.24, 2.45) is 0 Å². The standard InChI is InChI=1S/C48H59N3O17S4/c1-47(2)41(50(22-11-7-10-15-43(52)53)37-18-16-34-36(44(37)47)29-32(70(58,59)60)30-40(34)72(64,65)66)13-8-6-9-14-42-48(3,20-12-26-69(55,56)57)45-35-27-31(46(54)49-21-24-67-4)28-39(71(61,62)63)33(35)17-19-38(45)51(42)23-25-68-5/h6,8-9,13-14,16-19,27-30,42H,7,10-12,15,20-26H2,1-5H3,(H,49,54)(H,52,53)(H,55,56,57)(H,58,59,60)(H,61,62,63)(H,64,65,66)/b8-6+,14-9+,41-13+. The summed E-state index contributed by atoms with van der Waals surface area (Å²) in [4.78, 5) is 26.7. The van der Waals surface area contributed by atoms with Gasteiger partial charge in [-0.25, -0.2) is 0 Å². The molecule has 0 bridgehead atoms. The van der Waals surface area contributed by atoms with E-state index in [0.717, 1.165) is 12.1 Å². The quantitative estimate of drug-likeness (QED) is 0.0269. The summed E-state index contributed by atoms with van der Waals surface area (Å²) >= 11 is 0. The maximum absolute atomic E-state index is 13.5. The Hall–Kier alpha value is -5.28. The van der Waals surface area contributed by atoms with Gasteiger partial charge in [0.1, 0.15) is 9.79 Å². The van der Waals surface area contributed by atoms with Crippen LogP contribution in [0.2, 0.25) is 0 Å². The summed E-state index contributed by atoms with van der Waals surface area (Å²) in [6.45, 7) is 6.67. The summed E-state index contributed by atoms with van der Waals surface area (Å²) in [5.41, 5.74) is 0.778. The van der Waals surface area contributed by atoms with Crippen molar-refractivity contribution in [3.8, 4) is 0 Å². The zero-order chi connectivity index (χ0) is 53.2. The van der Waals surface area contributed by atoms with Crippen molar-refractivity contribution in [1.29, 1.82) is 0 Å². The van der Waals surface area contributed by atoms with Gasteiger partial charge < -0.3 is 29.7 Å². The summed E-state index contributed by atoms with van der Waals surface area (Å²) < 4.78 is 151. The number of benzene rings is 4. The molecule has 4 aromatic rings. The number of anilines is 2. The third-order valence-corrected chi connectivity index (χ3v) is 16.6. The third-order valence-electron chi connectivity index (χ3n) is 13.2. The molecule has 24 heteroatoms. The number of methoxy groups -OCH3 is 2. The van der Waals surface area contributed by atoms with Crippen LogP contribution in [0, 0.1) is 0 Å². The fourth-order valence-electron chi connectivity index (χ4n) is 10.1. The molecule has 0 saturated carbocycles. The number of fused-ring (bicyclic) bond motifs is 6. The third kappa shape index (κ3) is 12.0. The van der Waals surface area contributed by atoms with E-state index in [0.29, 0.717) is 65.5 Å². The molecule has 2 aliphatic heterocycles. The Kier molecular flexibility index (Phi) is 16.9. The maximum atomic E-state index is 13.5. The van der Waals surface area contributed by atoms with Gasteiger partial charge in [0.25, 0.3) is 46.4 Å². The van der Waals surface area contributed by atoms with Crippen LogP contribution in [0.5, 0.6) is 0 Å². The minimum Gasteiger partial charge on any atom is -0.481 e. The highest BCUT2D eigenvalue weighted by Crippen LogP contribution is 2.54. The minimum absolute atomic E-state index is 0.0108. The number of ether oxygens (including phenoxy) is 2. The lowest BCUT2D eigenvalue weighted by molar-refractivity contribution is -0.137. The van der Waals surface area contributed by atoms with Crippen LogP contribution in [-0.2, 0) is 65.6 Å². The summed E-state index contributed by atoms with van der Waals surface area (Å²) in [7, 11) is -16.3. The van der Waals surface area contributed by atoms with E-state index in [2.05, 4.69) is 5.32 Å². The SMILES string of the molecule is COCCNC(=O)c1cc(S(=O)(=O)O)c2ccc3c(c2c1)C(C)(CCCS(=O)(=O)O)C(/C=C/C=C/C=C1/N(CCCCCC(=O)O)c2ccc4c(S(=O)(=O)O)cc(S(=O)(=O)O)cc4c2C1(C)C)N3CCOC. The van der Waals surface area contributed by atoms with E-state index in [1.807, 2.05) is 42.7 Å². The number of unbranched alkanes of at least 4 members (excludes halogenated alkanes) is 2. The first kappa shape index (κ1) is 56.0. The first-order chi connectivity index (χ1) is 33.6. The number of amides is 1. The number of hydrogen-bond acceptors (Lipinski definition) is 14. The molecule has 2 atom stereocenters. The van der Waals surface area contributed by atoms with E-state index in [9.17, 15) is 66.6 Å². The van der Waals surface area contributed by atoms with Gasteiger partial charge in [0.15, 0.2) is 0 Å². The Morgan fingerprint density at radius 2 is 1.32 bits per heavy atom. The molecule has 20 nitrogen and oxygen atoms in total. The normalized spacial score (nSPS) is 18.8. The molecule has 6 rings (SSSR count). The van der Waals surface area contributed by atoms with E-state index < -0.39 is 89.7 Å². The largest absolute Gasteiger partial charge is 0.481 e. The molecular formula is C48H59N3O17S4. The fraction of sp³-hybridized carbons (Fsp3) is 0.417. The molecule has 6 N–H and O–H groups in total. The number of rotatable bonds is 23. The zero-order valence-corrected chi connectivity index (χ0v) is 43.5. The topological polar surface area (TPSA) is 309 Å². The Morgan fingerprint density at radius 1 is 0.694 bits per heavy atom. The van der Waals surface area contributed by atoms with Gasteiger partial charge in [0, 0.05) is 84.5 Å². The molecule has 0 radical (unpaired) electrons. The van der Waals surface area contributed by atoms with E-state index in [1.165, 1.54) is 32.4 Å². The summed E-state index contributed by atoms with van der Waals surface area (Å²) in [5, 5.41) is 12.5. The van der Waals surface area contributed by atoms with Crippen LogP contribution >= 0.6 is 0 Å². The van der Waals surface area contributed by atoms with Crippen LogP contribution in [0.1, 0.15) is 80.8 Å². The highest BCUT2D eigenvalue weighted by atomic mass is 32.2. The molecule has 2 heterocycles. The number of aliphatic carboxylic acids is 1. The van der Waals surface area contributed by atoms with E-state index >= 15 is 0 Å². The molecule has 2 aliphatic rings. The second-order valence-electron chi connectivity index (χ2n) is 18.4. The van der Waals surface area contributed by atoms with Crippen molar-refractivity contribution >= 4 is 85.3 Å².